The molecule has 0 bridgehead atoms. The first-order valence-electron chi connectivity index (χ1n) is 6.95. The van der Waals surface area contributed by atoms with E-state index in [0.29, 0.717) is 5.75 Å². The third-order valence-electron chi connectivity index (χ3n) is 3.76. The fraction of sp³-hybridized carbons (Fsp3) is 0.333. The maximum Gasteiger partial charge on any atom is 0.125 e. The standard InChI is InChI=1S/C18H22O3/c1-11-6-7-16(20-4)15(8-11)18(19)14-9-13(3)17(21-5)10-12(14)2/h6-10,18-19H,1-5H3. The van der Waals surface area contributed by atoms with Crippen molar-refractivity contribution in [1.29, 1.82) is 0 Å². The summed E-state index contributed by atoms with van der Waals surface area (Å²) in [6.07, 6.45) is -0.718. The SMILES string of the molecule is COc1cc(C)c(C(O)c2cc(C)ccc2OC)cc1C. The highest BCUT2D eigenvalue weighted by molar-refractivity contribution is 5.48. The van der Waals surface area contributed by atoms with Crippen LogP contribution in [-0.4, -0.2) is 19.3 Å². The Balaban J connectivity index is 2.52. The summed E-state index contributed by atoms with van der Waals surface area (Å²) in [7, 11) is 3.27. The molecule has 2 aromatic carbocycles. The molecule has 0 aliphatic carbocycles. The summed E-state index contributed by atoms with van der Waals surface area (Å²) in [5, 5.41) is 10.8. The average Bonchev–Trinajstić information content (AvgIpc) is 2.48. The first-order valence-corrected chi connectivity index (χ1v) is 6.95. The van der Waals surface area contributed by atoms with Crippen LogP contribution in [0.4, 0.5) is 0 Å². The Labute approximate surface area is 126 Å². The van der Waals surface area contributed by atoms with Gasteiger partial charge in [0.15, 0.2) is 0 Å². The second kappa shape index (κ2) is 6.19. The van der Waals surface area contributed by atoms with Gasteiger partial charge in [-0.3, -0.25) is 0 Å². The van der Waals surface area contributed by atoms with Gasteiger partial charge in [-0.25, -0.2) is 0 Å². The van der Waals surface area contributed by atoms with Crippen LogP contribution in [0.5, 0.6) is 11.5 Å². The van der Waals surface area contributed by atoms with Crippen molar-refractivity contribution in [2.45, 2.75) is 26.9 Å². The fourth-order valence-corrected chi connectivity index (χ4v) is 2.56. The van der Waals surface area contributed by atoms with Gasteiger partial charge in [0.25, 0.3) is 0 Å². The monoisotopic (exact) mass is 286 g/mol. The second-order valence-corrected chi connectivity index (χ2v) is 5.33. The molecular weight excluding hydrogens is 264 g/mol. The smallest absolute Gasteiger partial charge is 0.125 e. The summed E-state index contributed by atoms with van der Waals surface area (Å²) in [6, 6.07) is 9.75. The van der Waals surface area contributed by atoms with Gasteiger partial charge >= 0.3 is 0 Å². The van der Waals surface area contributed by atoms with Gasteiger partial charge in [0, 0.05) is 5.56 Å². The quantitative estimate of drug-likeness (QED) is 0.931. The van der Waals surface area contributed by atoms with E-state index in [1.54, 1.807) is 14.2 Å². The molecule has 0 amide bonds. The highest BCUT2D eigenvalue weighted by atomic mass is 16.5. The zero-order valence-corrected chi connectivity index (χ0v) is 13.2. The number of hydrogen-bond donors (Lipinski definition) is 1. The lowest BCUT2D eigenvalue weighted by atomic mass is 9.94. The first kappa shape index (κ1) is 15.4. The largest absolute Gasteiger partial charge is 0.496 e. The molecule has 0 spiro atoms. The van der Waals surface area contributed by atoms with E-state index < -0.39 is 6.10 Å². The average molecular weight is 286 g/mol. The van der Waals surface area contributed by atoms with Crippen LogP contribution in [0.2, 0.25) is 0 Å². The molecule has 1 atom stereocenters. The summed E-state index contributed by atoms with van der Waals surface area (Å²) in [4.78, 5) is 0. The van der Waals surface area contributed by atoms with Gasteiger partial charge in [-0.05, 0) is 61.7 Å². The van der Waals surface area contributed by atoms with E-state index in [1.165, 1.54) is 0 Å². The fourth-order valence-electron chi connectivity index (χ4n) is 2.56. The number of aliphatic hydroxyl groups excluding tert-OH is 1. The molecule has 3 heteroatoms. The summed E-state index contributed by atoms with van der Waals surface area (Å²) in [6.45, 7) is 5.95. The predicted molar refractivity (Wildman–Crippen MR) is 84.3 cm³/mol. The lowest BCUT2D eigenvalue weighted by molar-refractivity contribution is 0.213. The Morgan fingerprint density at radius 1 is 0.810 bits per heavy atom. The van der Waals surface area contributed by atoms with E-state index in [4.69, 9.17) is 9.47 Å². The van der Waals surface area contributed by atoms with Crippen LogP contribution < -0.4 is 9.47 Å². The minimum absolute atomic E-state index is 0.695. The van der Waals surface area contributed by atoms with E-state index in [-0.39, 0.29) is 0 Å². The zero-order chi connectivity index (χ0) is 15.6. The Bertz CT molecular complexity index is 647. The number of hydrogen-bond acceptors (Lipinski definition) is 3. The third kappa shape index (κ3) is 3.03. The molecule has 0 aromatic heterocycles. The molecule has 1 N–H and O–H groups in total. The highest BCUT2D eigenvalue weighted by Crippen LogP contribution is 2.34. The molecule has 3 nitrogen and oxygen atoms in total. The van der Waals surface area contributed by atoms with Crippen molar-refractivity contribution in [3.05, 3.63) is 58.1 Å². The van der Waals surface area contributed by atoms with E-state index in [1.807, 2.05) is 51.1 Å². The van der Waals surface area contributed by atoms with Crippen LogP contribution in [0.3, 0.4) is 0 Å². The van der Waals surface area contributed by atoms with Gasteiger partial charge < -0.3 is 14.6 Å². The first-order chi connectivity index (χ1) is 9.97. The summed E-state index contributed by atoms with van der Waals surface area (Å²) >= 11 is 0. The van der Waals surface area contributed by atoms with Gasteiger partial charge in [0.05, 0.1) is 14.2 Å². The van der Waals surface area contributed by atoms with Crippen LogP contribution in [-0.2, 0) is 0 Å². The maximum absolute atomic E-state index is 10.8. The predicted octanol–water partition coefficient (Wildman–Crippen LogP) is 3.71. The number of ether oxygens (including phenoxy) is 2. The van der Waals surface area contributed by atoms with Gasteiger partial charge in [-0.15, -0.1) is 0 Å². The van der Waals surface area contributed by atoms with Gasteiger partial charge in [0.2, 0.25) is 0 Å². The molecule has 21 heavy (non-hydrogen) atoms. The maximum atomic E-state index is 10.8. The molecule has 0 saturated heterocycles. The number of rotatable bonds is 4. The molecule has 2 rings (SSSR count). The lowest BCUT2D eigenvalue weighted by Gasteiger charge is -2.19. The Morgan fingerprint density at radius 3 is 2.10 bits per heavy atom. The summed E-state index contributed by atoms with van der Waals surface area (Å²) in [5.74, 6) is 1.53. The minimum Gasteiger partial charge on any atom is -0.496 e. The number of aryl methyl sites for hydroxylation is 3. The van der Waals surface area contributed by atoms with Crippen molar-refractivity contribution in [3.8, 4) is 11.5 Å². The van der Waals surface area contributed by atoms with E-state index in [9.17, 15) is 5.11 Å². The Hall–Kier alpha value is -2.00. The van der Waals surface area contributed by atoms with Crippen LogP contribution in [0.25, 0.3) is 0 Å². The number of aliphatic hydroxyl groups is 1. The van der Waals surface area contributed by atoms with Crippen LogP contribution in [0.1, 0.15) is 33.9 Å². The van der Waals surface area contributed by atoms with Gasteiger partial charge in [-0.1, -0.05) is 11.6 Å². The lowest BCUT2D eigenvalue weighted by Crippen LogP contribution is -2.06. The van der Waals surface area contributed by atoms with Gasteiger partial charge in [0.1, 0.15) is 17.6 Å². The van der Waals surface area contributed by atoms with Crippen LogP contribution >= 0.6 is 0 Å². The van der Waals surface area contributed by atoms with Crippen molar-refractivity contribution >= 4 is 0 Å². The molecule has 2 aromatic rings. The summed E-state index contributed by atoms with van der Waals surface area (Å²) in [5.41, 5.74) is 4.74. The third-order valence-corrected chi connectivity index (χ3v) is 3.76. The molecule has 0 radical (unpaired) electrons. The number of benzene rings is 2. The molecule has 0 fully saturated rings. The van der Waals surface area contributed by atoms with E-state index >= 15 is 0 Å². The Morgan fingerprint density at radius 2 is 1.48 bits per heavy atom. The van der Waals surface area contributed by atoms with E-state index in [0.717, 1.165) is 33.6 Å². The van der Waals surface area contributed by atoms with Crippen molar-refractivity contribution in [3.63, 3.8) is 0 Å². The summed E-state index contributed by atoms with van der Waals surface area (Å²) < 4.78 is 10.7. The van der Waals surface area contributed by atoms with Crippen LogP contribution in [0.15, 0.2) is 30.3 Å². The minimum atomic E-state index is -0.718. The molecular formula is C18H22O3. The molecule has 1 unspecified atom stereocenters. The highest BCUT2D eigenvalue weighted by Gasteiger charge is 2.19. The molecule has 0 saturated carbocycles. The van der Waals surface area contributed by atoms with Crippen molar-refractivity contribution in [1.82, 2.24) is 0 Å². The van der Waals surface area contributed by atoms with Crippen molar-refractivity contribution in [2.24, 2.45) is 0 Å². The van der Waals surface area contributed by atoms with Crippen LogP contribution in [0, 0.1) is 20.8 Å². The van der Waals surface area contributed by atoms with Crippen molar-refractivity contribution in [2.75, 3.05) is 14.2 Å². The zero-order valence-electron chi connectivity index (χ0n) is 13.2. The Kier molecular flexibility index (Phi) is 4.53. The van der Waals surface area contributed by atoms with Gasteiger partial charge in [-0.2, -0.15) is 0 Å². The normalized spacial score (nSPS) is 12.1. The molecule has 0 aliphatic heterocycles. The van der Waals surface area contributed by atoms with Crippen molar-refractivity contribution < 1.29 is 14.6 Å². The van der Waals surface area contributed by atoms with E-state index in [2.05, 4.69) is 0 Å². The second-order valence-electron chi connectivity index (χ2n) is 5.33. The molecule has 112 valence electrons. The molecule has 0 heterocycles. The molecule has 0 aliphatic rings. The number of methoxy groups -OCH3 is 2. The topological polar surface area (TPSA) is 38.7 Å².